The van der Waals surface area contributed by atoms with Crippen LogP contribution in [0.3, 0.4) is 0 Å². The molecular formula is C15H18N2O2. The largest absolute Gasteiger partial charge is 0.506 e. The van der Waals surface area contributed by atoms with Gasteiger partial charge < -0.3 is 21.7 Å². The lowest BCUT2D eigenvalue weighted by atomic mass is 9.88. The zero-order valence-electron chi connectivity index (χ0n) is 10.6. The molecule has 1 atom stereocenters. The van der Waals surface area contributed by atoms with E-state index in [2.05, 4.69) is 0 Å². The molecule has 0 aliphatic rings. The van der Waals surface area contributed by atoms with Crippen molar-refractivity contribution in [1.29, 1.82) is 0 Å². The molecule has 0 spiro atoms. The third-order valence-electron chi connectivity index (χ3n) is 3.21. The number of phenols is 1. The number of nitrogens with two attached hydrogens (primary N) is 2. The van der Waals surface area contributed by atoms with E-state index in [1.54, 1.807) is 12.1 Å². The first kappa shape index (κ1) is 13.2. The van der Waals surface area contributed by atoms with Gasteiger partial charge >= 0.3 is 0 Å². The van der Waals surface area contributed by atoms with Gasteiger partial charge in [0.25, 0.3) is 0 Å². The molecule has 6 N–H and O–H groups in total. The Hall–Kier alpha value is -2.20. The van der Waals surface area contributed by atoms with E-state index in [1.807, 2.05) is 30.3 Å². The summed E-state index contributed by atoms with van der Waals surface area (Å²) in [5, 5.41) is 18.9. The summed E-state index contributed by atoms with van der Waals surface area (Å²) in [7, 11) is 0. The van der Waals surface area contributed by atoms with E-state index in [0.29, 0.717) is 17.8 Å². The van der Waals surface area contributed by atoms with Gasteiger partial charge in [0, 0.05) is 18.2 Å². The highest BCUT2D eigenvalue weighted by Gasteiger charge is 2.15. The van der Waals surface area contributed by atoms with Crippen LogP contribution in [0.5, 0.6) is 5.75 Å². The maximum atomic E-state index is 9.70. The van der Waals surface area contributed by atoms with Crippen molar-refractivity contribution in [2.75, 3.05) is 18.1 Å². The first-order valence-electron chi connectivity index (χ1n) is 6.16. The summed E-state index contributed by atoms with van der Waals surface area (Å²) >= 11 is 0. The Morgan fingerprint density at radius 3 is 2.16 bits per heavy atom. The van der Waals surface area contributed by atoms with Crippen molar-refractivity contribution in [2.24, 2.45) is 0 Å². The minimum absolute atomic E-state index is 0.0112. The van der Waals surface area contributed by atoms with Crippen LogP contribution in [0.2, 0.25) is 0 Å². The van der Waals surface area contributed by atoms with E-state index in [-0.39, 0.29) is 18.3 Å². The van der Waals surface area contributed by atoms with Crippen LogP contribution in [-0.4, -0.2) is 16.8 Å². The van der Waals surface area contributed by atoms with Crippen molar-refractivity contribution < 1.29 is 10.2 Å². The molecule has 0 aliphatic carbocycles. The molecule has 2 aromatic carbocycles. The van der Waals surface area contributed by atoms with Crippen LogP contribution >= 0.6 is 0 Å². The highest BCUT2D eigenvalue weighted by atomic mass is 16.3. The van der Waals surface area contributed by atoms with Crippen molar-refractivity contribution in [3.05, 3.63) is 53.6 Å². The molecular weight excluding hydrogens is 240 g/mol. The van der Waals surface area contributed by atoms with Crippen LogP contribution in [-0.2, 0) is 0 Å². The predicted octanol–water partition coefficient (Wildman–Crippen LogP) is 2.07. The van der Waals surface area contributed by atoms with Crippen molar-refractivity contribution in [3.8, 4) is 5.75 Å². The minimum atomic E-state index is 0.0112. The lowest BCUT2D eigenvalue weighted by Crippen LogP contribution is -2.04. The molecule has 4 nitrogen and oxygen atoms in total. The fourth-order valence-electron chi connectivity index (χ4n) is 2.16. The second-order valence-electron chi connectivity index (χ2n) is 4.55. The van der Waals surface area contributed by atoms with E-state index < -0.39 is 0 Å². The first-order chi connectivity index (χ1) is 9.11. The summed E-state index contributed by atoms with van der Waals surface area (Å²) in [4.78, 5) is 0. The molecule has 19 heavy (non-hydrogen) atoms. The summed E-state index contributed by atoms with van der Waals surface area (Å²) in [6.07, 6.45) is 0.577. The van der Waals surface area contributed by atoms with Gasteiger partial charge in [-0.3, -0.25) is 0 Å². The first-order valence-corrected chi connectivity index (χ1v) is 6.16. The molecule has 0 aromatic heterocycles. The number of aliphatic hydroxyl groups excluding tert-OH is 1. The van der Waals surface area contributed by atoms with Crippen molar-refractivity contribution in [2.45, 2.75) is 12.3 Å². The summed E-state index contributed by atoms with van der Waals surface area (Å²) in [5.41, 5.74) is 14.3. The average Bonchev–Trinajstić information content (AvgIpc) is 2.41. The normalized spacial score (nSPS) is 12.3. The smallest absolute Gasteiger partial charge is 0.138 e. The van der Waals surface area contributed by atoms with Gasteiger partial charge in [0.05, 0.1) is 5.69 Å². The Bertz CT molecular complexity index is 553. The van der Waals surface area contributed by atoms with Crippen molar-refractivity contribution in [3.63, 3.8) is 0 Å². The number of nitrogen functional groups attached to an aromatic ring is 2. The predicted molar refractivity (Wildman–Crippen MR) is 76.9 cm³/mol. The summed E-state index contributed by atoms with van der Waals surface area (Å²) in [6.45, 7) is 0.0696. The van der Waals surface area contributed by atoms with Crippen LogP contribution < -0.4 is 11.5 Å². The van der Waals surface area contributed by atoms with Gasteiger partial charge in [-0.25, -0.2) is 0 Å². The zero-order chi connectivity index (χ0) is 13.8. The third-order valence-corrected chi connectivity index (χ3v) is 3.21. The molecule has 1 unspecified atom stereocenters. The van der Waals surface area contributed by atoms with E-state index in [4.69, 9.17) is 11.5 Å². The topological polar surface area (TPSA) is 92.5 Å². The minimum Gasteiger partial charge on any atom is -0.506 e. The van der Waals surface area contributed by atoms with Crippen LogP contribution in [0, 0.1) is 0 Å². The maximum absolute atomic E-state index is 9.70. The van der Waals surface area contributed by atoms with E-state index in [1.165, 1.54) is 0 Å². The Balaban J connectivity index is 2.38. The van der Waals surface area contributed by atoms with E-state index >= 15 is 0 Å². The Morgan fingerprint density at radius 1 is 0.947 bits per heavy atom. The van der Waals surface area contributed by atoms with Gasteiger partial charge in [0.15, 0.2) is 0 Å². The van der Waals surface area contributed by atoms with E-state index in [0.717, 1.165) is 11.1 Å². The molecule has 0 amide bonds. The van der Waals surface area contributed by atoms with Gasteiger partial charge in [-0.15, -0.1) is 0 Å². The maximum Gasteiger partial charge on any atom is 0.138 e. The molecule has 2 aromatic rings. The molecule has 4 heteroatoms. The fourth-order valence-corrected chi connectivity index (χ4v) is 2.16. The zero-order valence-corrected chi connectivity index (χ0v) is 10.6. The molecule has 0 heterocycles. The fraction of sp³-hybridized carbons (Fsp3) is 0.200. The van der Waals surface area contributed by atoms with Gasteiger partial charge in [0.2, 0.25) is 0 Å². The second kappa shape index (κ2) is 5.63. The molecule has 0 radical (unpaired) electrons. The molecule has 0 bridgehead atoms. The highest BCUT2D eigenvalue weighted by Crippen LogP contribution is 2.32. The van der Waals surface area contributed by atoms with Gasteiger partial charge in [0.1, 0.15) is 5.75 Å². The highest BCUT2D eigenvalue weighted by molar-refractivity contribution is 5.54. The van der Waals surface area contributed by atoms with Crippen LogP contribution in [0.15, 0.2) is 42.5 Å². The number of rotatable bonds is 4. The number of aliphatic hydroxyl groups is 1. The number of phenolic OH excluding ortho intramolecular Hbond substituents is 1. The van der Waals surface area contributed by atoms with Gasteiger partial charge in [-0.2, -0.15) is 0 Å². The molecule has 0 saturated heterocycles. The average molecular weight is 258 g/mol. The molecule has 2 rings (SSSR count). The Kier molecular flexibility index (Phi) is 3.92. The van der Waals surface area contributed by atoms with Crippen LogP contribution in [0.4, 0.5) is 11.4 Å². The van der Waals surface area contributed by atoms with Crippen molar-refractivity contribution >= 4 is 11.4 Å². The molecule has 0 saturated carbocycles. The lowest BCUT2D eigenvalue weighted by Gasteiger charge is -2.18. The van der Waals surface area contributed by atoms with Gasteiger partial charge in [-0.05, 0) is 41.8 Å². The summed E-state index contributed by atoms with van der Waals surface area (Å²) in [6, 6.07) is 12.7. The molecule has 0 aliphatic heterocycles. The van der Waals surface area contributed by atoms with Gasteiger partial charge in [-0.1, -0.05) is 18.2 Å². The molecule has 100 valence electrons. The number of aromatic hydroxyl groups is 1. The van der Waals surface area contributed by atoms with Crippen molar-refractivity contribution in [1.82, 2.24) is 0 Å². The Morgan fingerprint density at radius 2 is 1.58 bits per heavy atom. The standard InChI is InChI=1S/C15H18N2O2/c16-12-4-1-10(2-5-12)13(7-8-18)11-3-6-14(17)15(19)9-11/h1-6,9,13,18-19H,7-8,16-17H2. The number of hydrogen-bond acceptors (Lipinski definition) is 4. The van der Waals surface area contributed by atoms with E-state index in [9.17, 15) is 10.2 Å². The molecule has 0 fully saturated rings. The monoisotopic (exact) mass is 258 g/mol. The number of hydrogen-bond donors (Lipinski definition) is 4. The quantitative estimate of drug-likeness (QED) is 0.499. The number of anilines is 2. The SMILES string of the molecule is Nc1ccc(C(CCO)c2ccc(N)c(O)c2)cc1. The Labute approximate surface area is 112 Å². The summed E-state index contributed by atoms with van der Waals surface area (Å²) in [5.74, 6) is 0.0768. The van der Waals surface area contributed by atoms with Crippen LogP contribution in [0.25, 0.3) is 0 Å². The second-order valence-corrected chi connectivity index (χ2v) is 4.55. The van der Waals surface area contributed by atoms with Crippen LogP contribution in [0.1, 0.15) is 23.5 Å². The number of benzene rings is 2. The third kappa shape index (κ3) is 2.98. The lowest BCUT2D eigenvalue weighted by molar-refractivity contribution is 0.281. The summed E-state index contributed by atoms with van der Waals surface area (Å²) < 4.78 is 0.